The van der Waals surface area contributed by atoms with Crippen LogP contribution >= 0.6 is 15.9 Å². The minimum absolute atomic E-state index is 0.0414. The molecule has 0 radical (unpaired) electrons. The van der Waals surface area contributed by atoms with Gasteiger partial charge >= 0.3 is 0 Å². The Balaban J connectivity index is 1.91. The Morgan fingerprint density at radius 1 is 1.30 bits per heavy atom. The minimum atomic E-state index is -0.235. The van der Waals surface area contributed by atoms with Gasteiger partial charge in [-0.25, -0.2) is 4.98 Å². The molecule has 2 aromatic rings. The average Bonchev–Trinajstić information content (AvgIpc) is 2.41. The van der Waals surface area contributed by atoms with Crippen molar-refractivity contribution in [2.45, 2.75) is 13.8 Å². The number of aryl methyl sites for hydroxylation is 2. The van der Waals surface area contributed by atoms with Crippen LogP contribution in [0.3, 0.4) is 0 Å². The van der Waals surface area contributed by atoms with Gasteiger partial charge in [0, 0.05) is 4.47 Å². The van der Waals surface area contributed by atoms with Crippen LogP contribution in [0.25, 0.3) is 0 Å². The lowest BCUT2D eigenvalue weighted by atomic mass is 10.2. The number of pyridine rings is 1. The van der Waals surface area contributed by atoms with Crippen molar-refractivity contribution in [1.82, 2.24) is 4.98 Å². The number of amides is 1. The third kappa shape index (κ3) is 4.06. The summed E-state index contributed by atoms with van der Waals surface area (Å²) in [5.41, 5.74) is 1.91. The van der Waals surface area contributed by atoms with Crippen molar-refractivity contribution < 1.29 is 9.53 Å². The van der Waals surface area contributed by atoms with Crippen LogP contribution < -0.4 is 10.1 Å². The number of ether oxygens (including phenoxy) is 1. The number of hydrogen-bond acceptors (Lipinski definition) is 3. The standard InChI is InChI=1S/C15H15BrN2O2/c1-10-4-3-5-12(8-10)20-9-15(19)18-14-7-6-13(16)11(2)17-14/h3-8H,9H2,1-2H3,(H,17,18,19). The van der Waals surface area contributed by atoms with Crippen molar-refractivity contribution >= 4 is 27.7 Å². The van der Waals surface area contributed by atoms with Crippen molar-refractivity contribution in [3.05, 3.63) is 52.1 Å². The number of nitrogens with zero attached hydrogens (tertiary/aromatic N) is 1. The first kappa shape index (κ1) is 14.5. The first-order valence-corrected chi connectivity index (χ1v) is 6.96. The summed E-state index contributed by atoms with van der Waals surface area (Å²) in [5, 5.41) is 2.70. The summed E-state index contributed by atoms with van der Waals surface area (Å²) in [5.74, 6) is 0.962. The number of anilines is 1. The molecule has 1 aromatic heterocycles. The van der Waals surface area contributed by atoms with E-state index in [4.69, 9.17) is 4.74 Å². The average molecular weight is 335 g/mol. The van der Waals surface area contributed by atoms with Gasteiger partial charge in [-0.1, -0.05) is 12.1 Å². The molecule has 0 saturated carbocycles. The Hall–Kier alpha value is -1.88. The third-order valence-corrected chi connectivity index (χ3v) is 3.49. The van der Waals surface area contributed by atoms with Gasteiger partial charge in [-0.3, -0.25) is 4.79 Å². The fourth-order valence-corrected chi connectivity index (χ4v) is 1.87. The van der Waals surface area contributed by atoms with Gasteiger partial charge in [0.25, 0.3) is 5.91 Å². The molecule has 4 nitrogen and oxygen atoms in total. The molecule has 104 valence electrons. The zero-order valence-corrected chi connectivity index (χ0v) is 12.9. The van der Waals surface area contributed by atoms with Gasteiger partial charge in [-0.2, -0.15) is 0 Å². The van der Waals surface area contributed by atoms with Crippen LogP contribution in [0.1, 0.15) is 11.3 Å². The largest absolute Gasteiger partial charge is 0.484 e. The summed E-state index contributed by atoms with van der Waals surface area (Å²) in [4.78, 5) is 16.0. The predicted octanol–water partition coefficient (Wildman–Crippen LogP) is 3.48. The second kappa shape index (κ2) is 6.52. The first-order valence-electron chi connectivity index (χ1n) is 6.17. The lowest BCUT2D eigenvalue weighted by Gasteiger charge is -2.08. The van der Waals surface area contributed by atoms with Crippen LogP contribution in [-0.4, -0.2) is 17.5 Å². The maximum atomic E-state index is 11.8. The Morgan fingerprint density at radius 3 is 2.80 bits per heavy atom. The molecular formula is C15H15BrN2O2. The summed E-state index contributed by atoms with van der Waals surface area (Å²) >= 11 is 3.36. The van der Waals surface area contributed by atoms with Crippen molar-refractivity contribution in [2.24, 2.45) is 0 Å². The Bertz CT molecular complexity index is 629. The molecule has 0 bridgehead atoms. The molecule has 2 rings (SSSR count). The monoisotopic (exact) mass is 334 g/mol. The highest BCUT2D eigenvalue weighted by atomic mass is 79.9. The van der Waals surface area contributed by atoms with E-state index in [-0.39, 0.29) is 12.5 Å². The molecule has 0 fully saturated rings. The molecule has 0 saturated heterocycles. The van der Waals surface area contributed by atoms with E-state index in [2.05, 4.69) is 26.2 Å². The van der Waals surface area contributed by atoms with E-state index in [0.29, 0.717) is 11.6 Å². The smallest absolute Gasteiger partial charge is 0.263 e. The Kier molecular flexibility index (Phi) is 4.74. The summed E-state index contributed by atoms with van der Waals surface area (Å²) < 4.78 is 6.33. The first-order chi connectivity index (χ1) is 9.54. The molecule has 0 aliphatic rings. The van der Waals surface area contributed by atoms with Crippen LogP contribution in [0.2, 0.25) is 0 Å². The van der Waals surface area contributed by atoms with Crippen LogP contribution in [0.5, 0.6) is 5.75 Å². The lowest BCUT2D eigenvalue weighted by Crippen LogP contribution is -2.20. The SMILES string of the molecule is Cc1cccc(OCC(=O)Nc2ccc(Br)c(C)n2)c1. The number of aromatic nitrogens is 1. The number of benzene rings is 1. The number of rotatable bonds is 4. The highest BCUT2D eigenvalue weighted by Crippen LogP contribution is 2.16. The van der Waals surface area contributed by atoms with Crippen LogP contribution in [-0.2, 0) is 4.79 Å². The molecule has 20 heavy (non-hydrogen) atoms. The van der Waals surface area contributed by atoms with Gasteiger partial charge in [0.15, 0.2) is 6.61 Å². The fraction of sp³-hybridized carbons (Fsp3) is 0.200. The van der Waals surface area contributed by atoms with Gasteiger partial charge < -0.3 is 10.1 Å². The van der Waals surface area contributed by atoms with Gasteiger partial charge in [-0.05, 0) is 59.6 Å². The van der Waals surface area contributed by atoms with E-state index in [1.807, 2.05) is 44.2 Å². The topological polar surface area (TPSA) is 51.2 Å². The maximum absolute atomic E-state index is 11.8. The number of hydrogen-bond donors (Lipinski definition) is 1. The molecular weight excluding hydrogens is 320 g/mol. The van der Waals surface area contributed by atoms with Crippen molar-refractivity contribution in [3.8, 4) is 5.75 Å². The van der Waals surface area contributed by atoms with E-state index in [0.717, 1.165) is 15.7 Å². The molecule has 1 heterocycles. The van der Waals surface area contributed by atoms with Gasteiger partial charge in [-0.15, -0.1) is 0 Å². The van der Waals surface area contributed by atoms with E-state index < -0.39 is 0 Å². The zero-order valence-electron chi connectivity index (χ0n) is 11.3. The minimum Gasteiger partial charge on any atom is -0.484 e. The van der Waals surface area contributed by atoms with Gasteiger partial charge in [0.2, 0.25) is 0 Å². The molecule has 0 aliphatic heterocycles. The van der Waals surface area contributed by atoms with Gasteiger partial charge in [0.05, 0.1) is 5.69 Å². The van der Waals surface area contributed by atoms with Crippen molar-refractivity contribution in [1.29, 1.82) is 0 Å². The van der Waals surface area contributed by atoms with E-state index >= 15 is 0 Å². The second-order valence-electron chi connectivity index (χ2n) is 4.42. The number of nitrogens with one attached hydrogen (secondary N) is 1. The van der Waals surface area contributed by atoms with Crippen LogP contribution in [0, 0.1) is 13.8 Å². The van der Waals surface area contributed by atoms with Crippen molar-refractivity contribution in [3.63, 3.8) is 0 Å². The summed E-state index contributed by atoms with van der Waals surface area (Å²) in [6.07, 6.45) is 0. The van der Waals surface area contributed by atoms with E-state index in [9.17, 15) is 4.79 Å². The predicted molar refractivity (Wildman–Crippen MR) is 82.0 cm³/mol. The summed E-state index contributed by atoms with van der Waals surface area (Å²) in [6.45, 7) is 3.80. The van der Waals surface area contributed by atoms with Gasteiger partial charge in [0.1, 0.15) is 11.6 Å². The number of carbonyl (C=O) groups is 1. The lowest BCUT2D eigenvalue weighted by molar-refractivity contribution is -0.118. The van der Waals surface area contributed by atoms with Crippen molar-refractivity contribution in [2.75, 3.05) is 11.9 Å². The highest BCUT2D eigenvalue weighted by Gasteiger charge is 2.06. The fourth-order valence-electron chi connectivity index (χ4n) is 1.65. The van der Waals surface area contributed by atoms with E-state index in [1.165, 1.54) is 0 Å². The maximum Gasteiger partial charge on any atom is 0.263 e. The summed E-state index contributed by atoms with van der Waals surface area (Å²) in [6, 6.07) is 11.2. The molecule has 1 aromatic carbocycles. The number of halogens is 1. The van der Waals surface area contributed by atoms with Crippen LogP contribution in [0.4, 0.5) is 5.82 Å². The molecule has 0 unspecified atom stereocenters. The van der Waals surface area contributed by atoms with Crippen LogP contribution in [0.15, 0.2) is 40.9 Å². The molecule has 0 aliphatic carbocycles. The Morgan fingerprint density at radius 2 is 2.10 bits per heavy atom. The third-order valence-electron chi connectivity index (χ3n) is 2.65. The molecule has 1 N–H and O–H groups in total. The molecule has 0 spiro atoms. The Labute approximate surface area is 126 Å². The summed E-state index contributed by atoms with van der Waals surface area (Å²) in [7, 11) is 0. The second-order valence-corrected chi connectivity index (χ2v) is 5.27. The molecule has 5 heteroatoms. The molecule has 1 amide bonds. The normalized spacial score (nSPS) is 10.2. The number of carbonyl (C=O) groups excluding carboxylic acids is 1. The van der Waals surface area contributed by atoms with E-state index in [1.54, 1.807) is 6.07 Å². The highest BCUT2D eigenvalue weighted by molar-refractivity contribution is 9.10. The quantitative estimate of drug-likeness (QED) is 0.931. The zero-order chi connectivity index (χ0) is 14.5. The molecule has 0 atom stereocenters.